The van der Waals surface area contributed by atoms with Gasteiger partial charge < -0.3 is 10.2 Å². The summed E-state index contributed by atoms with van der Waals surface area (Å²) in [4.78, 5) is 0. The van der Waals surface area contributed by atoms with Crippen molar-refractivity contribution in [3.05, 3.63) is 0 Å². The van der Waals surface area contributed by atoms with Gasteiger partial charge in [-0.1, -0.05) is 6.42 Å². The molecule has 0 radical (unpaired) electrons. The van der Waals surface area contributed by atoms with Crippen LogP contribution in [0.5, 0.6) is 0 Å². The summed E-state index contributed by atoms with van der Waals surface area (Å²) in [6.45, 7) is -0.00294. The zero-order valence-corrected chi connectivity index (χ0v) is 8.91. The highest BCUT2D eigenvalue weighted by Crippen LogP contribution is 2.14. The van der Waals surface area contributed by atoms with Gasteiger partial charge in [0.1, 0.15) is 0 Å². The minimum absolute atomic E-state index is 0.0811. The third-order valence-electron chi connectivity index (χ3n) is 2.00. The van der Waals surface area contributed by atoms with Gasteiger partial charge in [-0.25, -0.2) is 0 Å². The molecule has 3 N–H and O–H groups in total. The van der Waals surface area contributed by atoms with Gasteiger partial charge in [0, 0.05) is 13.2 Å². The van der Waals surface area contributed by atoms with Crippen LogP contribution in [0.2, 0.25) is 0 Å². The molecular weight excluding hydrogens is 208 g/mol. The Balaban J connectivity index is 3.89. The second-order valence-electron chi connectivity index (χ2n) is 3.35. The Labute approximate surface area is 84.5 Å². The van der Waals surface area contributed by atoms with E-state index in [4.69, 9.17) is 14.8 Å². The van der Waals surface area contributed by atoms with Crippen LogP contribution in [0, 0.1) is 5.92 Å². The fourth-order valence-electron chi connectivity index (χ4n) is 1.34. The van der Waals surface area contributed by atoms with Gasteiger partial charge in [0.2, 0.25) is 0 Å². The first kappa shape index (κ1) is 13.8. The Morgan fingerprint density at radius 3 is 2.07 bits per heavy atom. The summed E-state index contributed by atoms with van der Waals surface area (Å²) in [6, 6.07) is 0. The van der Waals surface area contributed by atoms with Crippen LogP contribution in [0.1, 0.15) is 25.7 Å². The summed E-state index contributed by atoms with van der Waals surface area (Å²) in [7, 11) is -3.96. The van der Waals surface area contributed by atoms with Gasteiger partial charge in [-0.15, -0.1) is 0 Å². The van der Waals surface area contributed by atoms with Crippen LogP contribution in [-0.4, -0.2) is 42.2 Å². The fraction of sp³-hybridized carbons (Fsp3) is 1.00. The van der Waals surface area contributed by atoms with E-state index in [-0.39, 0.29) is 24.9 Å². The van der Waals surface area contributed by atoms with Crippen molar-refractivity contribution in [2.75, 3.05) is 19.0 Å². The number of hydrogen-bond acceptors (Lipinski definition) is 4. The molecule has 0 amide bonds. The summed E-state index contributed by atoms with van der Waals surface area (Å²) in [5, 5.41) is 17.2. The van der Waals surface area contributed by atoms with Crippen LogP contribution in [0.25, 0.3) is 0 Å². The van der Waals surface area contributed by atoms with Crippen molar-refractivity contribution in [2.24, 2.45) is 5.92 Å². The molecule has 0 fully saturated rings. The number of aliphatic hydroxyl groups excluding tert-OH is 2. The van der Waals surface area contributed by atoms with Crippen molar-refractivity contribution in [1.82, 2.24) is 0 Å². The largest absolute Gasteiger partial charge is 0.396 e. The molecule has 0 aliphatic heterocycles. The first-order valence-corrected chi connectivity index (χ1v) is 6.27. The van der Waals surface area contributed by atoms with Crippen molar-refractivity contribution < 1.29 is 23.2 Å². The van der Waals surface area contributed by atoms with Gasteiger partial charge in [0.05, 0.1) is 5.75 Å². The number of unbranched alkanes of at least 4 members (excludes halogenated alkanes) is 1. The minimum Gasteiger partial charge on any atom is -0.396 e. The Morgan fingerprint density at radius 1 is 1.00 bits per heavy atom. The van der Waals surface area contributed by atoms with E-state index in [1.807, 2.05) is 0 Å². The second-order valence-corrected chi connectivity index (χ2v) is 4.84. The van der Waals surface area contributed by atoms with E-state index in [1.54, 1.807) is 0 Å². The Morgan fingerprint density at radius 2 is 1.64 bits per heavy atom. The zero-order valence-electron chi connectivity index (χ0n) is 8.09. The third kappa shape index (κ3) is 8.43. The predicted molar refractivity (Wildman–Crippen MR) is 52.5 cm³/mol. The summed E-state index contributed by atoms with van der Waals surface area (Å²) >= 11 is 0. The van der Waals surface area contributed by atoms with Crippen molar-refractivity contribution in [3.63, 3.8) is 0 Å². The molecular formula is C8H18O5S. The van der Waals surface area contributed by atoms with E-state index < -0.39 is 10.1 Å². The average Bonchev–Trinajstić information content (AvgIpc) is 2.02. The van der Waals surface area contributed by atoms with Crippen molar-refractivity contribution >= 4 is 10.1 Å². The summed E-state index contributed by atoms with van der Waals surface area (Å²) in [5.41, 5.74) is 0. The Hall–Kier alpha value is -0.170. The molecule has 0 aliphatic carbocycles. The smallest absolute Gasteiger partial charge is 0.265 e. The molecule has 0 saturated carbocycles. The molecule has 0 bridgehead atoms. The van der Waals surface area contributed by atoms with Gasteiger partial charge >= 0.3 is 0 Å². The fourth-order valence-corrected chi connectivity index (χ4v) is 2.27. The number of hydrogen-bond donors (Lipinski definition) is 3. The molecule has 6 heteroatoms. The highest BCUT2D eigenvalue weighted by molar-refractivity contribution is 7.85. The van der Waals surface area contributed by atoms with E-state index >= 15 is 0 Å². The molecule has 1 atom stereocenters. The summed E-state index contributed by atoms with van der Waals surface area (Å²) < 4.78 is 29.8. The van der Waals surface area contributed by atoms with Gasteiger partial charge in [-0.2, -0.15) is 8.42 Å². The molecule has 0 aromatic carbocycles. The lowest BCUT2D eigenvalue weighted by molar-refractivity contribution is 0.248. The maximum atomic E-state index is 10.6. The van der Waals surface area contributed by atoms with Gasteiger partial charge in [0.25, 0.3) is 10.1 Å². The van der Waals surface area contributed by atoms with Crippen LogP contribution >= 0.6 is 0 Å². The highest BCUT2D eigenvalue weighted by Gasteiger charge is 2.15. The normalized spacial score (nSPS) is 14.2. The van der Waals surface area contributed by atoms with Crippen LogP contribution in [0.3, 0.4) is 0 Å². The van der Waals surface area contributed by atoms with Crippen molar-refractivity contribution in [2.45, 2.75) is 25.7 Å². The summed E-state index contributed by atoms with van der Waals surface area (Å²) in [6.07, 6.45) is 2.29. The van der Waals surface area contributed by atoms with Gasteiger partial charge in [-0.3, -0.25) is 4.55 Å². The van der Waals surface area contributed by atoms with Gasteiger partial charge in [-0.05, 0) is 25.2 Å². The Kier molecular flexibility index (Phi) is 7.08. The lowest BCUT2D eigenvalue weighted by Crippen LogP contribution is -2.16. The maximum Gasteiger partial charge on any atom is 0.265 e. The molecule has 0 spiro atoms. The molecule has 0 aliphatic rings. The van der Waals surface area contributed by atoms with E-state index in [0.717, 1.165) is 0 Å². The molecule has 0 saturated heterocycles. The van der Waals surface area contributed by atoms with Crippen LogP contribution in [0.15, 0.2) is 0 Å². The molecule has 5 nitrogen and oxygen atoms in total. The van der Waals surface area contributed by atoms with Crippen LogP contribution in [0.4, 0.5) is 0 Å². The monoisotopic (exact) mass is 226 g/mol. The topological polar surface area (TPSA) is 94.8 Å². The standard InChI is InChI=1S/C8H18O5S/c9-5-2-1-3-8(4-6-10)7-14(11,12)13/h8-10H,1-7H2,(H,11,12,13). The van der Waals surface area contributed by atoms with Crippen LogP contribution < -0.4 is 0 Å². The highest BCUT2D eigenvalue weighted by atomic mass is 32.2. The van der Waals surface area contributed by atoms with Crippen molar-refractivity contribution in [1.29, 1.82) is 0 Å². The lowest BCUT2D eigenvalue weighted by atomic mass is 10.0. The first-order chi connectivity index (χ1) is 6.49. The zero-order chi connectivity index (χ0) is 11.0. The molecule has 0 aromatic rings. The molecule has 1 unspecified atom stereocenters. The minimum atomic E-state index is -3.96. The average molecular weight is 226 g/mol. The summed E-state index contributed by atoms with van der Waals surface area (Å²) in [5.74, 6) is -0.527. The molecule has 86 valence electrons. The lowest BCUT2D eigenvalue weighted by Gasteiger charge is -2.12. The van der Waals surface area contributed by atoms with Crippen molar-refractivity contribution in [3.8, 4) is 0 Å². The molecule has 0 rings (SSSR count). The van der Waals surface area contributed by atoms with E-state index in [1.165, 1.54) is 0 Å². The number of aliphatic hydroxyl groups is 2. The van der Waals surface area contributed by atoms with E-state index in [9.17, 15) is 8.42 Å². The molecule has 0 heterocycles. The quantitative estimate of drug-likeness (QED) is 0.401. The van der Waals surface area contributed by atoms with Crippen LogP contribution in [-0.2, 0) is 10.1 Å². The van der Waals surface area contributed by atoms with E-state index in [0.29, 0.717) is 25.7 Å². The Bertz CT molecular complexity index is 224. The van der Waals surface area contributed by atoms with Gasteiger partial charge in [0.15, 0.2) is 0 Å². The van der Waals surface area contributed by atoms with E-state index in [2.05, 4.69) is 0 Å². The second kappa shape index (κ2) is 7.17. The SMILES string of the molecule is O=S(=O)(O)CC(CCO)CCCCO. The number of rotatable bonds is 8. The maximum absolute atomic E-state index is 10.6. The molecule has 14 heavy (non-hydrogen) atoms. The first-order valence-electron chi connectivity index (χ1n) is 4.66. The molecule has 0 aromatic heterocycles. The third-order valence-corrected chi connectivity index (χ3v) is 2.90. The predicted octanol–water partition coefficient (Wildman–Crippen LogP) is 0.0354.